The SMILES string of the molecule is CCc1ccc(N(C)C(=O)c2cc3ccccc3n(CCc3ccc(O)cc3C)c2=O)cc1. The Kier molecular flexibility index (Phi) is 6.31. The molecule has 0 aliphatic heterocycles. The average molecular weight is 441 g/mol. The van der Waals surface area contributed by atoms with Crippen LogP contribution < -0.4 is 10.5 Å². The molecule has 0 saturated carbocycles. The van der Waals surface area contributed by atoms with Crippen LogP contribution in [0, 0.1) is 6.92 Å². The number of aryl methyl sites for hydroxylation is 4. The van der Waals surface area contributed by atoms with Crippen molar-refractivity contribution >= 4 is 22.5 Å². The van der Waals surface area contributed by atoms with Gasteiger partial charge in [-0.05, 0) is 78.2 Å². The lowest BCUT2D eigenvalue weighted by molar-refractivity contribution is 0.0991. The molecule has 4 aromatic rings. The third-order valence-corrected chi connectivity index (χ3v) is 6.20. The molecule has 5 heteroatoms. The van der Waals surface area contributed by atoms with Gasteiger partial charge in [0.25, 0.3) is 11.5 Å². The van der Waals surface area contributed by atoms with Crippen LogP contribution in [0.2, 0.25) is 0 Å². The molecule has 1 N–H and O–H groups in total. The smallest absolute Gasteiger partial charge is 0.263 e. The normalized spacial score (nSPS) is 11.0. The van der Waals surface area contributed by atoms with Crippen LogP contribution in [0.4, 0.5) is 5.69 Å². The number of rotatable bonds is 6. The molecule has 33 heavy (non-hydrogen) atoms. The van der Waals surface area contributed by atoms with Crippen molar-refractivity contribution < 1.29 is 9.90 Å². The van der Waals surface area contributed by atoms with E-state index in [1.807, 2.05) is 61.5 Å². The van der Waals surface area contributed by atoms with Crippen molar-refractivity contribution in [3.63, 3.8) is 0 Å². The summed E-state index contributed by atoms with van der Waals surface area (Å²) in [5.74, 6) is -0.106. The van der Waals surface area contributed by atoms with E-state index < -0.39 is 0 Å². The van der Waals surface area contributed by atoms with Gasteiger partial charge in [-0.15, -0.1) is 0 Å². The van der Waals surface area contributed by atoms with Crippen LogP contribution in [0.25, 0.3) is 10.9 Å². The first kappa shape index (κ1) is 22.3. The number of carbonyl (C=O) groups excluding carboxylic acids is 1. The van der Waals surface area contributed by atoms with Gasteiger partial charge in [0.2, 0.25) is 0 Å². The van der Waals surface area contributed by atoms with Gasteiger partial charge in [0.15, 0.2) is 0 Å². The molecule has 0 fully saturated rings. The number of phenolic OH excluding ortho intramolecular Hbond substituents is 1. The van der Waals surface area contributed by atoms with Gasteiger partial charge in [0.1, 0.15) is 11.3 Å². The molecule has 4 rings (SSSR count). The van der Waals surface area contributed by atoms with Gasteiger partial charge in [-0.25, -0.2) is 0 Å². The Balaban J connectivity index is 1.72. The number of benzene rings is 3. The van der Waals surface area contributed by atoms with Crippen molar-refractivity contribution in [3.8, 4) is 5.75 Å². The number of aromatic nitrogens is 1. The van der Waals surface area contributed by atoms with Crippen molar-refractivity contribution in [2.24, 2.45) is 0 Å². The van der Waals surface area contributed by atoms with Gasteiger partial charge in [0.05, 0.1) is 5.52 Å². The lowest BCUT2D eigenvalue weighted by atomic mass is 10.0. The molecule has 1 amide bonds. The molecule has 0 aliphatic rings. The highest BCUT2D eigenvalue weighted by atomic mass is 16.3. The summed E-state index contributed by atoms with van der Waals surface area (Å²) in [6.07, 6.45) is 1.54. The summed E-state index contributed by atoms with van der Waals surface area (Å²) < 4.78 is 1.68. The number of nitrogens with zero attached hydrogens (tertiary/aromatic N) is 2. The molecule has 1 heterocycles. The Labute approximate surface area is 193 Å². The first-order chi connectivity index (χ1) is 15.9. The maximum atomic E-state index is 13.5. The molecule has 1 aromatic heterocycles. The summed E-state index contributed by atoms with van der Waals surface area (Å²) in [5, 5.41) is 10.5. The van der Waals surface area contributed by atoms with Crippen LogP contribution in [0.15, 0.2) is 77.6 Å². The minimum absolute atomic E-state index is 0.151. The number of pyridine rings is 1. The number of para-hydroxylation sites is 1. The minimum atomic E-state index is -0.329. The van der Waals surface area contributed by atoms with Crippen LogP contribution in [0.1, 0.15) is 34.0 Å². The number of anilines is 1. The number of phenols is 1. The second-order valence-electron chi connectivity index (χ2n) is 8.32. The molecule has 0 bridgehead atoms. The predicted molar refractivity (Wildman–Crippen MR) is 133 cm³/mol. The van der Waals surface area contributed by atoms with Crippen molar-refractivity contribution in [1.82, 2.24) is 4.57 Å². The second-order valence-corrected chi connectivity index (χ2v) is 8.32. The predicted octanol–water partition coefficient (Wildman–Crippen LogP) is 5.10. The third-order valence-electron chi connectivity index (χ3n) is 6.20. The summed E-state index contributed by atoms with van der Waals surface area (Å²) in [6.45, 7) is 4.46. The zero-order valence-electron chi connectivity index (χ0n) is 19.2. The van der Waals surface area contributed by atoms with E-state index in [1.165, 1.54) is 10.5 Å². The van der Waals surface area contributed by atoms with Gasteiger partial charge in [0, 0.05) is 19.3 Å². The number of fused-ring (bicyclic) bond motifs is 1. The Morgan fingerprint density at radius 2 is 1.73 bits per heavy atom. The van der Waals surface area contributed by atoms with Crippen LogP contribution in [-0.4, -0.2) is 22.6 Å². The lowest BCUT2D eigenvalue weighted by Gasteiger charge is -2.19. The molecule has 0 saturated heterocycles. The minimum Gasteiger partial charge on any atom is -0.508 e. The van der Waals surface area contributed by atoms with Crippen LogP contribution >= 0.6 is 0 Å². The van der Waals surface area contributed by atoms with Crippen molar-refractivity contribution in [2.75, 3.05) is 11.9 Å². The molecular formula is C28H28N2O3. The zero-order chi connectivity index (χ0) is 23.5. The highest BCUT2D eigenvalue weighted by Crippen LogP contribution is 2.20. The fourth-order valence-electron chi connectivity index (χ4n) is 4.15. The standard InChI is InChI=1S/C28H28N2O3/c1-4-20-9-12-23(13-10-20)29(3)27(32)25-18-22-7-5-6-8-26(22)30(28(25)33)16-15-21-11-14-24(31)17-19(21)2/h5-14,17-18,31H,4,15-16H2,1-3H3. The second kappa shape index (κ2) is 9.33. The molecule has 0 atom stereocenters. The third kappa shape index (κ3) is 4.53. The van der Waals surface area contributed by atoms with E-state index >= 15 is 0 Å². The topological polar surface area (TPSA) is 62.5 Å². The van der Waals surface area contributed by atoms with Crippen molar-refractivity contribution in [3.05, 3.63) is 105 Å². The summed E-state index contributed by atoms with van der Waals surface area (Å²) >= 11 is 0. The number of amides is 1. The highest BCUT2D eigenvalue weighted by molar-refractivity contribution is 6.07. The lowest BCUT2D eigenvalue weighted by Crippen LogP contribution is -2.35. The molecule has 0 radical (unpaired) electrons. The molecule has 5 nitrogen and oxygen atoms in total. The first-order valence-electron chi connectivity index (χ1n) is 11.2. The van der Waals surface area contributed by atoms with E-state index in [0.29, 0.717) is 13.0 Å². The summed E-state index contributed by atoms with van der Waals surface area (Å²) in [4.78, 5) is 28.4. The van der Waals surface area contributed by atoms with Crippen LogP contribution in [0.3, 0.4) is 0 Å². The summed E-state index contributed by atoms with van der Waals surface area (Å²) in [5.41, 5.74) is 4.60. The molecule has 168 valence electrons. The maximum Gasteiger partial charge on any atom is 0.263 e. The number of hydrogen-bond acceptors (Lipinski definition) is 3. The van der Waals surface area contributed by atoms with Gasteiger partial charge in [-0.1, -0.05) is 43.3 Å². The number of carbonyl (C=O) groups is 1. The molecular weight excluding hydrogens is 412 g/mol. The van der Waals surface area contributed by atoms with Crippen LogP contribution in [0.5, 0.6) is 5.75 Å². The Hall–Kier alpha value is -3.86. The monoisotopic (exact) mass is 440 g/mol. The van der Waals surface area contributed by atoms with E-state index in [2.05, 4.69) is 6.92 Å². The summed E-state index contributed by atoms with van der Waals surface area (Å²) in [7, 11) is 1.70. The van der Waals surface area contributed by atoms with E-state index in [4.69, 9.17) is 0 Å². The van der Waals surface area contributed by atoms with E-state index in [-0.39, 0.29) is 22.8 Å². The largest absolute Gasteiger partial charge is 0.508 e. The Morgan fingerprint density at radius 3 is 2.42 bits per heavy atom. The maximum absolute atomic E-state index is 13.5. The Morgan fingerprint density at radius 1 is 1.00 bits per heavy atom. The Bertz CT molecular complexity index is 1370. The van der Waals surface area contributed by atoms with E-state index in [9.17, 15) is 14.7 Å². The van der Waals surface area contributed by atoms with Gasteiger partial charge in [-0.3, -0.25) is 9.59 Å². The molecule has 3 aromatic carbocycles. The number of hydrogen-bond donors (Lipinski definition) is 1. The zero-order valence-corrected chi connectivity index (χ0v) is 19.2. The van der Waals surface area contributed by atoms with Crippen molar-refractivity contribution in [2.45, 2.75) is 33.2 Å². The average Bonchev–Trinajstić information content (AvgIpc) is 2.83. The number of aromatic hydroxyl groups is 1. The molecule has 0 unspecified atom stereocenters. The van der Waals surface area contributed by atoms with Gasteiger partial charge in [-0.2, -0.15) is 0 Å². The van der Waals surface area contributed by atoms with E-state index in [1.54, 1.807) is 29.8 Å². The summed E-state index contributed by atoms with van der Waals surface area (Å²) in [6, 6.07) is 22.4. The quantitative estimate of drug-likeness (QED) is 0.454. The molecule has 0 spiro atoms. The fraction of sp³-hybridized carbons (Fsp3) is 0.214. The molecule has 0 aliphatic carbocycles. The highest BCUT2D eigenvalue weighted by Gasteiger charge is 2.20. The van der Waals surface area contributed by atoms with Crippen LogP contribution in [-0.2, 0) is 19.4 Å². The van der Waals surface area contributed by atoms with Gasteiger partial charge >= 0.3 is 0 Å². The fourth-order valence-corrected chi connectivity index (χ4v) is 4.15. The first-order valence-corrected chi connectivity index (χ1v) is 11.2. The van der Waals surface area contributed by atoms with Gasteiger partial charge < -0.3 is 14.6 Å². The van der Waals surface area contributed by atoms with Crippen molar-refractivity contribution in [1.29, 1.82) is 0 Å². The van der Waals surface area contributed by atoms with E-state index in [0.717, 1.165) is 34.1 Å².